The molecule has 3 aliphatic heterocycles. The smallest absolute Gasteiger partial charge is 0.255 e. The number of ether oxygens (including phenoxy) is 1. The number of anilines is 1. The molecular weight excluding hydrogens is 759 g/mol. The van der Waals surface area contributed by atoms with Gasteiger partial charge in [-0.25, -0.2) is 9.24 Å². The number of rotatable bonds is 13. The Hall–Kier alpha value is -4.99. The molecule has 3 aromatic rings. The highest BCUT2D eigenvalue weighted by molar-refractivity contribution is 6.33. The van der Waals surface area contributed by atoms with Crippen molar-refractivity contribution in [2.24, 2.45) is 10.8 Å². The Kier molecular flexibility index (Phi) is 11.9. The van der Waals surface area contributed by atoms with Crippen molar-refractivity contribution in [1.29, 1.82) is 0 Å². The Morgan fingerprint density at radius 2 is 1.67 bits per heavy atom. The highest BCUT2D eigenvalue weighted by Gasteiger charge is 2.64. The zero-order valence-electron chi connectivity index (χ0n) is 33.7. The number of nitrogens with zero attached hydrogens (tertiary/aromatic N) is 4. The number of halogens is 2. The van der Waals surface area contributed by atoms with Crippen LogP contribution in [0.15, 0.2) is 54.6 Å². The zero-order chi connectivity index (χ0) is 41.4. The number of piperazine rings is 1. The minimum atomic E-state index is -0.722. The molecule has 306 valence electrons. The van der Waals surface area contributed by atoms with Gasteiger partial charge in [0.25, 0.3) is 11.8 Å². The van der Waals surface area contributed by atoms with Gasteiger partial charge in [0.2, 0.25) is 17.5 Å². The maximum atomic E-state index is 15.3. The van der Waals surface area contributed by atoms with Gasteiger partial charge in [-0.05, 0) is 79.8 Å². The van der Waals surface area contributed by atoms with Gasteiger partial charge in [-0.1, -0.05) is 70.3 Å². The molecule has 0 spiro atoms. The molecule has 1 saturated carbocycles. The van der Waals surface area contributed by atoms with E-state index in [1.54, 1.807) is 24.3 Å². The first kappa shape index (κ1) is 41.2. The molecule has 1 unspecified atom stereocenters. The lowest BCUT2D eigenvalue weighted by molar-refractivity contribution is -0.164. The number of carbonyl (C=O) groups excluding carboxylic acids is 4. The average molecular weight is 811 g/mol. The normalized spacial score (nSPS) is 22.5. The maximum absolute atomic E-state index is 15.3. The predicted molar refractivity (Wildman–Crippen MR) is 221 cm³/mol. The number of hydrogen-bond donors (Lipinski definition) is 2. The van der Waals surface area contributed by atoms with Gasteiger partial charge in [0, 0.05) is 67.1 Å². The number of fused-ring (bicyclic) bond motifs is 1. The first-order chi connectivity index (χ1) is 27.7. The number of aryl methyl sites for hydroxylation is 1. The van der Waals surface area contributed by atoms with Crippen LogP contribution in [-0.2, 0) is 22.6 Å². The minimum absolute atomic E-state index is 0.103. The van der Waals surface area contributed by atoms with E-state index in [1.807, 2.05) is 29.2 Å². The van der Waals surface area contributed by atoms with Gasteiger partial charge in [0.05, 0.1) is 17.3 Å². The third-order valence-electron chi connectivity index (χ3n) is 12.6. The topological polar surface area (TPSA) is 116 Å². The van der Waals surface area contributed by atoms with Crippen molar-refractivity contribution >= 4 is 46.6 Å². The van der Waals surface area contributed by atoms with Crippen LogP contribution in [0.3, 0.4) is 0 Å². The van der Waals surface area contributed by atoms with E-state index in [4.69, 9.17) is 22.9 Å². The van der Waals surface area contributed by atoms with Crippen molar-refractivity contribution in [2.75, 3.05) is 37.6 Å². The number of benzene rings is 3. The van der Waals surface area contributed by atoms with E-state index in [-0.39, 0.29) is 65.6 Å². The van der Waals surface area contributed by atoms with E-state index >= 15 is 4.39 Å². The third-order valence-corrected chi connectivity index (χ3v) is 12.9. The van der Waals surface area contributed by atoms with Gasteiger partial charge < -0.3 is 19.9 Å². The molecule has 7 rings (SSSR count). The lowest BCUT2D eigenvalue weighted by atomic mass is 9.49. The van der Waals surface area contributed by atoms with Crippen LogP contribution in [-0.4, -0.2) is 84.3 Å². The van der Waals surface area contributed by atoms with Gasteiger partial charge in [-0.2, -0.15) is 0 Å². The molecule has 13 heteroatoms. The second-order valence-electron chi connectivity index (χ2n) is 17.3. The lowest BCUT2D eigenvalue weighted by Gasteiger charge is -2.63. The minimum Gasteiger partial charge on any atom is -0.489 e. The molecule has 58 heavy (non-hydrogen) atoms. The Morgan fingerprint density at radius 3 is 2.34 bits per heavy atom. The van der Waals surface area contributed by atoms with Crippen LogP contribution in [0.4, 0.5) is 15.8 Å². The summed E-state index contributed by atoms with van der Waals surface area (Å²) in [5.41, 5.74) is 3.04. The van der Waals surface area contributed by atoms with E-state index < -0.39 is 17.8 Å². The van der Waals surface area contributed by atoms with Gasteiger partial charge in [-0.15, -0.1) is 0 Å². The summed E-state index contributed by atoms with van der Waals surface area (Å²) in [5.74, 6) is -1.11. The van der Waals surface area contributed by atoms with Gasteiger partial charge in [-0.3, -0.25) is 29.4 Å². The highest BCUT2D eigenvalue weighted by atomic mass is 35.5. The first-order valence-electron chi connectivity index (χ1n) is 20.3. The molecule has 4 amide bonds. The number of imide groups is 1. The Morgan fingerprint density at radius 1 is 0.966 bits per heavy atom. The maximum Gasteiger partial charge on any atom is 0.255 e. The van der Waals surface area contributed by atoms with Crippen molar-refractivity contribution in [3.63, 3.8) is 0 Å². The lowest BCUT2D eigenvalue weighted by Crippen LogP contribution is -2.74. The fourth-order valence-corrected chi connectivity index (χ4v) is 9.89. The van der Waals surface area contributed by atoms with Crippen molar-refractivity contribution in [2.45, 2.75) is 97.4 Å². The number of amides is 4. The fraction of sp³-hybridized carbons (Fsp3) is 0.489. The molecule has 1 atom stereocenters. The molecule has 3 fully saturated rings. The molecule has 0 radical (unpaired) electrons. The van der Waals surface area contributed by atoms with Crippen molar-refractivity contribution in [1.82, 2.24) is 20.4 Å². The standard InChI is InChI=1S/C45H52ClFN6O5/c1-44(2)42(45(3,4)43(44)58-31-15-16-35(48-5)33(46)25-31)50-39(55)29-13-11-28(12-14-29)10-8-6-7-9-19-51-20-22-52(23-21-51)37-24-30-27-53(41(57)32(30)26-34(37)47)36-17-18-38(54)49-40(36)56/h11-16,24-26,36,42-43H,6-10,17-23,27H2,1-4H3,(H,50,55)(H,49,54,56). The van der Waals surface area contributed by atoms with Crippen LogP contribution in [0.2, 0.25) is 5.02 Å². The summed E-state index contributed by atoms with van der Waals surface area (Å²) in [7, 11) is 0. The van der Waals surface area contributed by atoms with Crippen molar-refractivity contribution in [3.8, 4) is 5.75 Å². The predicted octanol–water partition coefficient (Wildman–Crippen LogP) is 7.33. The van der Waals surface area contributed by atoms with E-state index in [0.29, 0.717) is 46.4 Å². The Labute approximate surface area is 345 Å². The SMILES string of the molecule is [C-]#[N+]c1ccc(OC2C(C)(C)C(NC(=O)c3ccc(CCCCCCN4CCN(c5cc6c(cc5F)C(=O)N(C5CCC(=O)NC5=O)C6)CC4)cc3)C2(C)C)cc1Cl. The summed E-state index contributed by atoms with van der Waals surface area (Å²) in [5, 5.41) is 5.94. The highest BCUT2D eigenvalue weighted by Crippen LogP contribution is 2.55. The molecule has 1 aliphatic carbocycles. The monoisotopic (exact) mass is 810 g/mol. The molecule has 2 saturated heterocycles. The van der Waals surface area contributed by atoms with E-state index in [9.17, 15) is 19.2 Å². The number of unbranched alkanes of at least 4 members (excludes halogenated alkanes) is 3. The number of piperidine rings is 1. The summed E-state index contributed by atoms with van der Waals surface area (Å²) in [6, 6.07) is 15.2. The van der Waals surface area contributed by atoms with Crippen LogP contribution in [0.5, 0.6) is 5.75 Å². The number of carbonyl (C=O) groups is 4. The third kappa shape index (κ3) is 8.30. The molecule has 11 nitrogen and oxygen atoms in total. The molecule has 3 heterocycles. The molecule has 3 aromatic carbocycles. The van der Waals surface area contributed by atoms with Gasteiger partial charge >= 0.3 is 0 Å². The summed E-state index contributed by atoms with van der Waals surface area (Å²) < 4.78 is 21.7. The summed E-state index contributed by atoms with van der Waals surface area (Å²) in [6.07, 6.45) is 5.63. The van der Waals surface area contributed by atoms with Crippen LogP contribution < -0.4 is 20.3 Å². The summed E-state index contributed by atoms with van der Waals surface area (Å²) >= 11 is 6.24. The van der Waals surface area contributed by atoms with Crippen LogP contribution in [0.25, 0.3) is 4.85 Å². The average Bonchev–Trinajstić information content (AvgIpc) is 3.51. The van der Waals surface area contributed by atoms with Crippen molar-refractivity contribution in [3.05, 3.63) is 99.1 Å². The second kappa shape index (κ2) is 16.7. The van der Waals surface area contributed by atoms with Crippen LogP contribution in [0.1, 0.15) is 98.1 Å². The number of nitrogens with one attached hydrogen (secondary N) is 2. The quantitative estimate of drug-likeness (QED) is 0.106. The van der Waals surface area contributed by atoms with Crippen molar-refractivity contribution < 1.29 is 28.3 Å². The van der Waals surface area contributed by atoms with E-state index in [1.165, 1.54) is 16.5 Å². The molecule has 4 aliphatic rings. The Balaban J connectivity index is 0.801. The zero-order valence-corrected chi connectivity index (χ0v) is 34.5. The fourth-order valence-electron chi connectivity index (χ4n) is 9.67. The Bertz CT molecular complexity index is 2110. The first-order valence-corrected chi connectivity index (χ1v) is 20.7. The van der Waals surface area contributed by atoms with Crippen LogP contribution in [0, 0.1) is 23.2 Å². The summed E-state index contributed by atoms with van der Waals surface area (Å²) in [6.45, 7) is 19.9. The molecule has 0 bridgehead atoms. The molecule has 0 aromatic heterocycles. The second-order valence-corrected chi connectivity index (χ2v) is 17.7. The molecule has 2 N–H and O–H groups in total. The number of hydrogen-bond acceptors (Lipinski definition) is 7. The summed E-state index contributed by atoms with van der Waals surface area (Å²) in [4.78, 5) is 59.7. The van der Waals surface area contributed by atoms with Gasteiger partial charge in [0.15, 0.2) is 0 Å². The largest absolute Gasteiger partial charge is 0.489 e. The molecular formula is C45H52ClFN6O5. The van der Waals surface area contributed by atoms with Crippen LogP contribution >= 0.6 is 11.6 Å². The van der Waals surface area contributed by atoms with E-state index in [0.717, 1.165) is 51.7 Å². The van der Waals surface area contributed by atoms with E-state index in [2.05, 4.69) is 48.1 Å². The van der Waals surface area contributed by atoms with Gasteiger partial charge in [0.1, 0.15) is 23.7 Å².